The van der Waals surface area contributed by atoms with Crippen molar-refractivity contribution in [3.63, 3.8) is 0 Å². The summed E-state index contributed by atoms with van der Waals surface area (Å²) in [6.07, 6.45) is 3.07. The first-order valence-electron chi connectivity index (χ1n) is 9.90. The second-order valence-electron chi connectivity index (χ2n) is 8.04. The molecule has 0 saturated carbocycles. The fraction of sp³-hybridized carbons (Fsp3) is 0.192. The number of rotatable bonds is 3. The van der Waals surface area contributed by atoms with Crippen LogP contribution in [0, 0.1) is 12.8 Å². The third kappa shape index (κ3) is 2.80. The van der Waals surface area contributed by atoms with E-state index in [0.29, 0.717) is 5.92 Å². The van der Waals surface area contributed by atoms with Gasteiger partial charge in [0.2, 0.25) is 0 Å². The first-order chi connectivity index (χ1) is 13.6. The molecule has 28 heavy (non-hydrogen) atoms. The summed E-state index contributed by atoms with van der Waals surface area (Å²) >= 11 is 1.90. The number of pyridine rings is 1. The van der Waals surface area contributed by atoms with Crippen LogP contribution < -0.4 is 0 Å². The molecule has 0 saturated heterocycles. The number of hydrogen-bond donors (Lipinski definition) is 0. The highest BCUT2D eigenvalue weighted by atomic mass is 32.1. The maximum Gasteiger partial charge on any atom is 0.0880 e. The number of fused-ring (bicyclic) bond motifs is 4. The fourth-order valence-electron chi connectivity index (χ4n) is 4.23. The molecule has 138 valence electrons. The minimum absolute atomic E-state index is 0.650. The van der Waals surface area contributed by atoms with Crippen LogP contribution in [-0.2, 0) is 6.42 Å². The van der Waals surface area contributed by atoms with Gasteiger partial charge in [0, 0.05) is 27.2 Å². The third-order valence-electron chi connectivity index (χ3n) is 5.47. The highest BCUT2D eigenvalue weighted by Gasteiger charge is 2.15. The number of thiophene rings is 1. The van der Waals surface area contributed by atoms with Crippen LogP contribution in [-0.4, -0.2) is 4.98 Å². The quantitative estimate of drug-likeness (QED) is 0.311. The van der Waals surface area contributed by atoms with Gasteiger partial charge in [-0.15, -0.1) is 11.3 Å². The number of aryl methyl sites for hydroxylation is 1. The van der Waals surface area contributed by atoms with Crippen molar-refractivity contribution in [2.24, 2.45) is 5.92 Å². The summed E-state index contributed by atoms with van der Waals surface area (Å²) in [6, 6.07) is 22.1. The molecule has 0 radical (unpaired) electrons. The Morgan fingerprint density at radius 3 is 2.50 bits per heavy atom. The second kappa shape index (κ2) is 6.72. The van der Waals surface area contributed by atoms with E-state index in [-0.39, 0.29) is 0 Å². The molecule has 0 atom stereocenters. The van der Waals surface area contributed by atoms with Gasteiger partial charge in [-0.05, 0) is 59.4 Å². The van der Waals surface area contributed by atoms with Crippen molar-refractivity contribution in [1.29, 1.82) is 0 Å². The summed E-state index contributed by atoms with van der Waals surface area (Å²) in [6.45, 7) is 6.77. The smallest absolute Gasteiger partial charge is 0.0880 e. The Balaban J connectivity index is 1.79. The molecule has 0 N–H and O–H groups in total. The zero-order valence-corrected chi connectivity index (χ0v) is 17.3. The topological polar surface area (TPSA) is 12.9 Å². The third-order valence-corrected chi connectivity index (χ3v) is 6.77. The summed E-state index contributed by atoms with van der Waals surface area (Å²) in [7, 11) is 0. The van der Waals surface area contributed by atoms with Gasteiger partial charge in [-0.1, -0.05) is 56.3 Å². The number of benzene rings is 3. The fourth-order valence-corrected chi connectivity index (χ4v) is 5.56. The highest BCUT2D eigenvalue weighted by Crippen LogP contribution is 2.41. The van der Waals surface area contributed by atoms with E-state index in [4.69, 9.17) is 4.98 Å². The molecular formula is C26H23NS. The molecule has 0 fully saturated rings. The van der Waals surface area contributed by atoms with Crippen LogP contribution >= 0.6 is 11.3 Å². The molecule has 5 aromatic rings. The molecule has 2 heterocycles. The van der Waals surface area contributed by atoms with E-state index in [1.165, 1.54) is 47.6 Å². The average molecular weight is 382 g/mol. The van der Waals surface area contributed by atoms with Crippen LogP contribution in [0.4, 0.5) is 0 Å². The summed E-state index contributed by atoms with van der Waals surface area (Å²) < 4.78 is 2.71. The molecule has 0 aliphatic rings. The molecule has 5 rings (SSSR count). The lowest BCUT2D eigenvalue weighted by molar-refractivity contribution is 0.650. The van der Waals surface area contributed by atoms with Crippen LogP contribution in [0.15, 0.2) is 66.9 Å². The molecule has 0 aliphatic heterocycles. The lowest BCUT2D eigenvalue weighted by Crippen LogP contribution is -1.93. The normalized spacial score (nSPS) is 11.9. The molecular weight excluding hydrogens is 358 g/mol. The van der Waals surface area contributed by atoms with Gasteiger partial charge < -0.3 is 0 Å². The Bertz CT molecular complexity index is 1330. The van der Waals surface area contributed by atoms with Crippen molar-refractivity contribution < 1.29 is 0 Å². The van der Waals surface area contributed by atoms with E-state index in [1.807, 2.05) is 17.5 Å². The van der Waals surface area contributed by atoms with Crippen molar-refractivity contribution in [3.05, 3.63) is 78.0 Å². The SMILES string of the molecule is Cc1cc(-c2nccc3c2sc2c(CC(C)C)cccc23)cc2ccccc12. The molecule has 0 amide bonds. The van der Waals surface area contributed by atoms with Gasteiger partial charge >= 0.3 is 0 Å². The minimum atomic E-state index is 0.650. The van der Waals surface area contributed by atoms with Gasteiger partial charge in [-0.25, -0.2) is 0 Å². The Morgan fingerprint density at radius 1 is 0.857 bits per heavy atom. The summed E-state index contributed by atoms with van der Waals surface area (Å²) in [5, 5.41) is 5.27. The maximum atomic E-state index is 4.82. The highest BCUT2D eigenvalue weighted by molar-refractivity contribution is 7.26. The molecule has 0 bridgehead atoms. The number of hydrogen-bond acceptors (Lipinski definition) is 2. The average Bonchev–Trinajstić information content (AvgIpc) is 3.07. The number of aromatic nitrogens is 1. The van der Waals surface area contributed by atoms with Crippen molar-refractivity contribution in [2.45, 2.75) is 27.2 Å². The first kappa shape index (κ1) is 17.4. The Hall–Kier alpha value is -2.71. The molecule has 2 heteroatoms. The monoisotopic (exact) mass is 381 g/mol. The van der Waals surface area contributed by atoms with Gasteiger partial charge in [0.15, 0.2) is 0 Å². The van der Waals surface area contributed by atoms with Crippen molar-refractivity contribution >= 4 is 42.3 Å². The Labute approximate surface area is 169 Å². The van der Waals surface area contributed by atoms with Crippen LogP contribution in [0.5, 0.6) is 0 Å². The van der Waals surface area contributed by atoms with Crippen molar-refractivity contribution in [1.82, 2.24) is 4.98 Å². The van der Waals surface area contributed by atoms with Gasteiger partial charge in [-0.2, -0.15) is 0 Å². The lowest BCUT2D eigenvalue weighted by atomic mass is 9.98. The molecule has 0 spiro atoms. The zero-order chi connectivity index (χ0) is 19.3. The molecule has 0 unspecified atom stereocenters. The first-order valence-corrected chi connectivity index (χ1v) is 10.7. The van der Waals surface area contributed by atoms with Crippen LogP contribution in [0.1, 0.15) is 25.0 Å². The Kier molecular flexibility index (Phi) is 4.17. The van der Waals surface area contributed by atoms with Crippen molar-refractivity contribution in [2.75, 3.05) is 0 Å². The number of nitrogens with zero attached hydrogens (tertiary/aromatic N) is 1. The van der Waals surface area contributed by atoms with Crippen LogP contribution in [0.3, 0.4) is 0 Å². The second-order valence-corrected chi connectivity index (χ2v) is 9.06. The summed E-state index contributed by atoms with van der Waals surface area (Å²) in [5.74, 6) is 0.650. The summed E-state index contributed by atoms with van der Waals surface area (Å²) in [5.41, 5.74) is 5.06. The Morgan fingerprint density at radius 2 is 1.64 bits per heavy atom. The van der Waals surface area contributed by atoms with Gasteiger partial charge in [0.1, 0.15) is 0 Å². The van der Waals surface area contributed by atoms with Crippen LogP contribution in [0.2, 0.25) is 0 Å². The van der Waals surface area contributed by atoms with E-state index in [2.05, 4.69) is 81.4 Å². The predicted octanol–water partition coefficient (Wildman–Crippen LogP) is 7.78. The molecule has 3 aromatic carbocycles. The van der Waals surface area contributed by atoms with E-state index in [0.717, 1.165) is 12.1 Å². The predicted molar refractivity (Wildman–Crippen MR) is 123 cm³/mol. The van der Waals surface area contributed by atoms with Crippen molar-refractivity contribution in [3.8, 4) is 11.3 Å². The van der Waals surface area contributed by atoms with Crippen LogP contribution in [0.25, 0.3) is 42.2 Å². The van der Waals surface area contributed by atoms with E-state index < -0.39 is 0 Å². The van der Waals surface area contributed by atoms with E-state index in [9.17, 15) is 0 Å². The largest absolute Gasteiger partial charge is 0.255 e. The van der Waals surface area contributed by atoms with Gasteiger partial charge in [0.05, 0.1) is 10.4 Å². The molecule has 2 aromatic heterocycles. The summed E-state index contributed by atoms with van der Waals surface area (Å²) in [4.78, 5) is 4.82. The maximum absolute atomic E-state index is 4.82. The molecule has 1 nitrogen and oxygen atoms in total. The minimum Gasteiger partial charge on any atom is -0.255 e. The zero-order valence-electron chi connectivity index (χ0n) is 16.5. The molecule has 0 aliphatic carbocycles. The van der Waals surface area contributed by atoms with Gasteiger partial charge in [0.25, 0.3) is 0 Å². The standard InChI is InChI=1S/C26H23NS/c1-16(2)13-19-8-6-10-22-23-11-12-27-24(26(23)28-25(19)22)20-14-17(3)21-9-5-4-7-18(21)15-20/h4-12,14-16H,13H2,1-3H3. The van der Waals surface area contributed by atoms with E-state index in [1.54, 1.807) is 0 Å². The lowest BCUT2D eigenvalue weighted by Gasteiger charge is -2.08. The van der Waals surface area contributed by atoms with E-state index >= 15 is 0 Å². The van der Waals surface area contributed by atoms with Gasteiger partial charge in [-0.3, -0.25) is 4.98 Å².